The van der Waals surface area contributed by atoms with Crippen LogP contribution in [0.5, 0.6) is 11.5 Å². The van der Waals surface area contributed by atoms with Crippen LogP contribution in [0.4, 0.5) is 0 Å². The lowest BCUT2D eigenvalue weighted by Crippen LogP contribution is -2.27. The van der Waals surface area contributed by atoms with E-state index in [1.165, 1.54) is 0 Å². The van der Waals surface area contributed by atoms with Crippen LogP contribution in [0.1, 0.15) is 11.1 Å². The van der Waals surface area contributed by atoms with E-state index in [2.05, 4.69) is 29.6 Å². The molecule has 0 aliphatic carbocycles. The van der Waals surface area contributed by atoms with Crippen LogP contribution in [-0.4, -0.2) is 37.7 Å². The molecule has 0 radical (unpaired) electrons. The summed E-state index contributed by atoms with van der Waals surface area (Å²) in [6.45, 7) is 1.84. The quantitative estimate of drug-likeness (QED) is 0.645. The number of hydrogen-bond acceptors (Lipinski definition) is 3. The normalized spacial score (nSPS) is 9.12. The van der Waals surface area contributed by atoms with Gasteiger partial charge in [-0.3, -0.25) is 4.90 Å². The van der Waals surface area contributed by atoms with Gasteiger partial charge >= 0.3 is 0 Å². The summed E-state index contributed by atoms with van der Waals surface area (Å²) in [5.74, 6) is 13.5. The summed E-state index contributed by atoms with van der Waals surface area (Å²) < 4.78 is 11.1. The minimum Gasteiger partial charge on any atom is -0.477 e. The Hall–Kier alpha value is -3.42. The van der Waals surface area contributed by atoms with Crippen LogP contribution in [0.3, 0.4) is 0 Å². The highest BCUT2D eigenvalue weighted by Crippen LogP contribution is 2.33. The predicted octanol–water partition coefficient (Wildman–Crippen LogP) is 1.80. The monoisotopic (exact) mass is 329 g/mol. The molecule has 0 aliphatic rings. The largest absolute Gasteiger partial charge is 0.477 e. The molecule has 1 aromatic carbocycles. The van der Waals surface area contributed by atoms with Crippen LogP contribution >= 0.6 is 0 Å². The minimum atomic E-state index is 0.0819. The molecule has 3 heteroatoms. The second-order valence-electron chi connectivity index (χ2n) is 4.97. The Morgan fingerprint density at radius 3 is 2.04 bits per heavy atom. The summed E-state index contributed by atoms with van der Waals surface area (Å²) in [6, 6.07) is 3.70. The Bertz CT molecular complexity index is 772. The molecule has 0 unspecified atom stereocenters. The van der Waals surface area contributed by atoms with Crippen molar-refractivity contribution < 1.29 is 9.47 Å². The third kappa shape index (κ3) is 6.30. The van der Waals surface area contributed by atoms with E-state index in [9.17, 15) is 0 Å². The molecule has 0 aliphatic heterocycles. The number of nitrogens with zero attached hydrogens (tertiary/aromatic N) is 1. The van der Waals surface area contributed by atoms with Gasteiger partial charge in [0.1, 0.15) is 13.2 Å². The molecule has 0 saturated carbocycles. The van der Waals surface area contributed by atoms with Gasteiger partial charge < -0.3 is 9.47 Å². The maximum atomic E-state index is 5.60. The van der Waals surface area contributed by atoms with E-state index >= 15 is 0 Å². The molecule has 1 rings (SSSR count). The molecule has 1 aromatic rings. The van der Waals surface area contributed by atoms with Crippen LogP contribution in [-0.2, 0) is 6.42 Å². The van der Waals surface area contributed by atoms with Crippen molar-refractivity contribution in [3.05, 3.63) is 23.3 Å². The summed E-state index contributed by atoms with van der Waals surface area (Å²) >= 11 is 0. The number of terminal acetylenes is 5. The lowest BCUT2D eigenvalue weighted by molar-refractivity contribution is 0.313. The molecule has 0 bridgehead atoms. The zero-order valence-electron chi connectivity index (χ0n) is 14.0. The van der Waals surface area contributed by atoms with Crippen LogP contribution in [0.2, 0.25) is 0 Å². The third-order valence-corrected chi connectivity index (χ3v) is 3.23. The second kappa shape index (κ2) is 11.2. The lowest BCUT2D eigenvalue weighted by atomic mass is 10.1. The molecule has 0 saturated heterocycles. The van der Waals surface area contributed by atoms with E-state index in [0.717, 1.165) is 5.56 Å². The SMILES string of the molecule is C#CCOc1cc(CCN(CC#C)CC#C)cc(C#C)c1OCC#C. The summed E-state index contributed by atoms with van der Waals surface area (Å²) in [7, 11) is 0. The maximum absolute atomic E-state index is 5.60. The fraction of sp³-hybridized carbons (Fsp3) is 0.273. The number of benzene rings is 1. The fourth-order valence-corrected chi connectivity index (χ4v) is 2.16. The number of ether oxygens (including phenoxy) is 2. The Balaban J connectivity index is 3.06. The van der Waals surface area contributed by atoms with Crippen molar-refractivity contribution in [2.75, 3.05) is 32.8 Å². The molecular formula is C22H19NO2. The van der Waals surface area contributed by atoms with Gasteiger partial charge in [-0.2, -0.15) is 0 Å². The van der Waals surface area contributed by atoms with Crippen LogP contribution < -0.4 is 9.47 Å². The molecule has 25 heavy (non-hydrogen) atoms. The zero-order chi connectivity index (χ0) is 18.5. The highest BCUT2D eigenvalue weighted by atomic mass is 16.5. The van der Waals surface area contributed by atoms with Gasteiger partial charge in [-0.25, -0.2) is 0 Å². The highest BCUT2D eigenvalue weighted by molar-refractivity contribution is 5.56. The van der Waals surface area contributed by atoms with E-state index in [1.807, 2.05) is 17.0 Å². The minimum absolute atomic E-state index is 0.0819. The van der Waals surface area contributed by atoms with Gasteiger partial charge in [0.2, 0.25) is 0 Å². The van der Waals surface area contributed by atoms with Crippen LogP contribution in [0.25, 0.3) is 0 Å². The molecule has 0 fully saturated rings. The van der Waals surface area contributed by atoms with Crippen molar-refractivity contribution >= 4 is 0 Å². The predicted molar refractivity (Wildman–Crippen MR) is 101 cm³/mol. The molecule has 0 heterocycles. The van der Waals surface area contributed by atoms with E-state index in [4.69, 9.17) is 41.6 Å². The Morgan fingerprint density at radius 1 is 0.840 bits per heavy atom. The van der Waals surface area contributed by atoms with E-state index in [0.29, 0.717) is 43.1 Å². The van der Waals surface area contributed by atoms with E-state index < -0.39 is 0 Å². The Kier molecular flexibility index (Phi) is 8.77. The fourth-order valence-electron chi connectivity index (χ4n) is 2.16. The van der Waals surface area contributed by atoms with Crippen LogP contribution in [0.15, 0.2) is 12.1 Å². The third-order valence-electron chi connectivity index (χ3n) is 3.23. The first-order valence-electron chi connectivity index (χ1n) is 7.55. The summed E-state index contributed by atoms with van der Waals surface area (Å²) in [6.07, 6.45) is 27.5. The highest BCUT2D eigenvalue weighted by Gasteiger charge is 2.13. The second-order valence-corrected chi connectivity index (χ2v) is 4.97. The summed E-state index contributed by atoms with van der Waals surface area (Å²) in [5.41, 5.74) is 1.52. The van der Waals surface area contributed by atoms with Crippen molar-refractivity contribution in [1.82, 2.24) is 4.90 Å². The standard InChI is InChI=1S/C22H19NO2/c1-6-12-23(13-7-2)14-11-19-17-20(10-5)22(25-16-9-4)21(18-19)24-15-8-3/h1-5,17-18H,11-16H2. The summed E-state index contributed by atoms with van der Waals surface area (Å²) in [5, 5.41) is 0. The first-order valence-corrected chi connectivity index (χ1v) is 7.55. The molecular weight excluding hydrogens is 310 g/mol. The number of hydrogen-bond donors (Lipinski definition) is 0. The van der Waals surface area contributed by atoms with Crippen molar-refractivity contribution in [2.45, 2.75) is 6.42 Å². The molecule has 0 aromatic heterocycles. The Labute approximate surface area is 150 Å². The van der Waals surface area contributed by atoms with Crippen LogP contribution in [0, 0.1) is 61.7 Å². The van der Waals surface area contributed by atoms with Gasteiger partial charge in [0.15, 0.2) is 11.5 Å². The molecule has 0 N–H and O–H groups in total. The van der Waals surface area contributed by atoms with Gasteiger partial charge in [0.05, 0.1) is 18.7 Å². The molecule has 0 spiro atoms. The molecule has 0 amide bonds. The average Bonchev–Trinajstić information content (AvgIpc) is 2.63. The average molecular weight is 329 g/mol. The van der Waals surface area contributed by atoms with Gasteiger partial charge in [-0.05, 0) is 24.1 Å². The smallest absolute Gasteiger partial charge is 0.178 e. The lowest BCUT2D eigenvalue weighted by Gasteiger charge is -2.18. The zero-order valence-corrected chi connectivity index (χ0v) is 14.0. The van der Waals surface area contributed by atoms with Gasteiger partial charge in [0, 0.05) is 6.54 Å². The van der Waals surface area contributed by atoms with Crippen molar-refractivity contribution in [1.29, 1.82) is 0 Å². The van der Waals surface area contributed by atoms with Gasteiger partial charge in [-0.15, -0.1) is 32.1 Å². The van der Waals surface area contributed by atoms with Crippen molar-refractivity contribution in [3.8, 4) is 73.2 Å². The maximum Gasteiger partial charge on any atom is 0.178 e. The van der Waals surface area contributed by atoms with E-state index in [-0.39, 0.29) is 13.2 Å². The first-order chi connectivity index (χ1) is 12.2. The number of rotatable bonds is 9. The molecule has 3 nitrogen and oxygen atoms in total. The molecule has 124 valence electrons. The van der Waals surface area contributed by atoms with Crippen molar-refractivity contribution in [3.63, 3.8) is 0 Å². The van der Waals surface area contributed by atoms with Gasteiger partial charge in [0.25, 0.3) is 0 Å². The van der Waals surface area contributed by atoms with Crippen molar-refractivity contribution in [2.24, 2.45) is 0 Å². The molecule has 0 atom stereocenters. The van der Waals surface area contributed by atoms with Gasteiger partial charge in [-0.1, -0.05) is 29.6 Å². The van der Waals surface area contributed by atoms with E-state index in [1.54, 1.807) is 0 Å². The Morgan fingerprint density at radius 2 is 1.48 bits per heavy atom. The first kappa shape index (κ1) is 19.6. The topological polar surface area (TPSA) is 21.7 Å². The summed E-state index contributed by atoms with van der Waals surface area (Å²) in [4.78, 5) is 1.99.